The Morgan fingerprint density at radius 1 is 1.56 bits per heavy atom. The monoisotopic (exact) mass is 263 g/mol. The molecule has 88 valence electrons. The lowest BCUT2D eigenvalue weighted by Crippen LogP contribution is -2.36. The zero-order valence-electron chi connectivity index (χ0n) is 8.77. The lowest BCUT2D eigenvalue weighted by molar-refractivity contribution is 0.0935. The third-order valence-electron chi connectivity index (χ3n) is 2.19. The van der Waals surface area contributed by atoms with E-state index in [1.54, 1.807) is 0 Å². The predicted octanol–water partition coefficient (Wildman–Crippen LogP) is 3.23. The Balaban J connectivity index is 2.83. The fourth-order valence-electron chi connectivity index (χ4n) is 1.18. The molecule has 5 heteroatoms. The Kier molecular flexibility index (Phi) is 5.03. The summed E-state index contributed by atoms with van der Waals surface area (Å²) in [5, 5.41) is 2.96. The number of benzene rings is 1. The molecule has 1 aromatic rings. The van der Waals surface area contributed by atoms with Crippen LogP contribution < -0.4 is 5.32 Å². The zero-order valence-corrected chi connectivity index (χ0v) is 10.3. The zero-order chi connectivity index (χ0) is 12.1. The van der Waals surface area contributed by atoms with Crippen LogP contribution in [-0.4, -0.2) is 17.8 Å². The Labute approximate surface area is 104 Å². The molecular formula is C11H12Cl2FNO. The molecule has 1 N–H and O–H groups in total. The van der Waals surface area contributed by atoms with E-state index in [0.29, 0.717) is 17.3 Å². The summed E-state index contributed by atoms with van der Waals surface area (Å²) in [4.78, 5) is 11.7. The Morgan fingerprint density at radius 3 is 2.81 bits per heavy atom. The van der Waals surface area contributed by atoms with Crippen molar-refractivity contribution in [3.8, 4) is 0 Å². The number of amides is 1. The Bertz CT molecular complexity index is 380. The number of hydrogen-bond acceptors (Lipinski definition) is 1. The van der Waals surface area contributed by atoms with Crippen molar-refractivity contribution in [3.05, 3.63) is 34.6 Å². The highest BCUT2D eigenvalue weighted by molar-refractivity contribution is 6.31. The number of halogens is 3. The van der Waals surface area contributed by atoms with Crippen LogP contribution in [0.1, 0.15) is 23.7 Å². The summed E-state index contributed by atoms with van der Waals surface area (Å²) in [5.74, 6) is -0.788. The van der Waals surface area contributed by atoms with Crippen LogP contribution in [0, 0.1) is 5.82 Å². The Morgan fingerprint density at radius 2 is 2.25 bits per heavy atom. The molecule has 0 saturated heterocycles. The van der Waals surface area contributed by atoms with Gasteiger partial charge >= 0.3 is 0 Å². The third-order valence-corrected chi connectivity index (χ3v) is 2.79. The van der Waals surface area contributed by atoms with Crippen molar-refractivity contribution in [3.63, 3.8) is 0 Å². The standard InChI is InChI=1S/C11H12Cl2FNO/c1-2-8(6-12)15-11(16)9-5-7(13)3-4-10(9)14/h3-5,8H,2,6H2,1H3,(H,15,16). The van der Waals surface area contributed by atoms with Gasteiger partial charge in [0.1, 0.15) is 5.82 Å². The number of hydrogen-bond donors (Lipinski definition) is 1. The van der Waals surface area contributed by atoms with E-state index in [0.717, 1.165) is 0 Å². The van der Waals surface area contributed by atoms with Crippen molar-refractivity contribution >= 4 is 29.1 Å². The molecule has 0 aliphatic heterocycles. The van der Waals surface area contributed by atoms with Gasteiger partial charge in [-0.05, 0) is 24.6 Å². The van der Waals surface area contributed by atoms with Crippen LogP contribution in [0.15, 0.2) is 18.2 Å². The smallest absolute Gasteiger partial charge is 0.254 e. The molecule has 0 spiro atoms. The summed E-state index contributed by atoms with van der Waals surface area (Å²) < 4.78 is 13.3. The molecule has 0 heterocycles. The van der Waals surface area contributed by atoms with Gasteiger partial charge in [0, 0.05) is 16.9 Å². The normalized spacial score (nSPS) is 12.2. The molecule has 0 radical (unpaired) electrons. The molecule has 1 amide bonds. The van der Waals surface area contributed by atoms with Gasteiger partial charge in [-0.3, -0.25) is 4.79 Å². The molecule has 0 bridgehead atoms. The maximum Gasteiger partial charge on any atom is 0.254 e. The fourth-order valence-corrected chi connectivity index (χ4v) is 1.65. The van der Waals surface area contributed by atoms with Crippen molar-refractivity contribution in [2.75, 3.05) is 5.88 Å². The highest BCUT2D eigenvalue weighted by Gasteiger charge is 2.15. The highest BCUT2D eigenvalue weighted by atomic mass is 35.5. The maximum atomic E-state index is 13.3. The minimum atomic E-state index is -0.591. The van der Waals surface area contributed by atoms with Crippen LogP contribution in [0.5, 0.6) is 0 Å². The topological polar surface area (TPSA) is 29.1 Å². The summed E-state index contributed by atoms with van der Waals surface area (Å²) in [6.07, 6.45) is 0.692. The summed E-state index contributed by atoms with van der Waals surface area (Å²) in [7, 11) is 0. The van der Waals surface area contributed by atoms with E-state index in [-0.39, 0.29) is 11.6 Å². The molecule has 1 atom stereocenters. The largest absolute Gasteiger partial charge is 0.348 e. The van der Waals surface area contributed by atoms with E-state index in [1.807, 2.05) is 6.92 Å². The van der Waals surface area contributed by atoms with E-state index in [1.165, 1.54) is 18.2 Å². The molecule has 0 aliphatic carbocycles. The van der Waals surface area contributed by atoms with Crippen LogP contribution >= 0.6 is 23.2 Å². The fraction of sp³-hybridized carbons (Fsp3) is 0.364. The lowest BCUT2D eigenvalue weighted by atomic mass is 10.1. The summed E-state index contributed by atoms with van der Waals surface area (Å²) in [6.45, 7) is 1.89. The van der Waals surface area contributed by atoms with Gasteiger partial charge in [0.05, 0.1) is 5.56 Å². The van der Waals surface area contributed by atoms with Crippen LogP contribution in [0.25, 0.3) is 0 Å². The van der Waals surface area contributed by atoms with Gasteiger partial charge in [0.25, 0.3) is 5.91 Å². The van der Waals surface area contributed by atoms with Gasteiger partial charge in [-0.2, -0.15) is 0 Å². The molecule has 0 aromatic heterocycles. The second-order valence-corrected chi connectivity index (χ2v) is 4.10. The molecule has 1 unspecified atom stereocenters. The van der Waals surface area contributed by atoms with Crippen molar-refractivity contribution in [2.45, 2.75) is 19.4 Å². The molecule has 2 nitrogen and oxygen atoms in total. The van der Waals surface area contributed by atoms with Gasteiger partial charge in [0.2, 0.25) is 0 Å². The van der Waals surface area contributed by atoms with Crippen molar-refractivity contribution in [2.24, 2.45) is 0 Å². The number of alkyl halides is 1. The van der Waals surface area contributed by atoms with Crippen molar-refractivity contribution in [1.82, 2.24) is 5.32 Å². The maximum absolute atomic E-state index is 13.3. The quantitative estimate of drug-likeness (QED) is 0.831. The lowest BCUT2D eigenvalue weighted by Gasteiger charge is -2.14. The van der Waals surface area contributed by atoms with E-state index in [9.17, 15) is 9.18 Å². The number of nitrogens with one attached hydrogen (secondary N) is 1. The highest BCUT2D eigenvalue weighted by Crippen LogP contribution is 2.15. The first-order chi connectivity index (χ1) is 7.58. The molecule has 0 saturated carbocycles. The minimum Gasteiger partial charge on any atom is -0.348 e. The first-order valence-corrected chi connectivity index (χ1v) is 5.81. The first kappa shape index (κ1) is 13.3. The van der Waals surface area contributed by atoms with Crippen LogP contribution in [0.2, 0.25) is 5.02 Å². The van der Waals surface area contributed by atoms with Crippen molar-refractivity contribution in [1.29, 1.82) is 0 Å². The van der Waals surface area contributed by atoms with Gasteiger partial charge in [0.15, 0.2) is 0 Å². The van der Waals surface area contributed by atoms with Gasteiger partial charge < -0.3 is 5.32 Å². The molecule has 1 aromatic carbocycles. The summed E-state index contributed by atoms with van der Waals surface area (Å²) >= 11 is 11.3. The van der Waals surface area contributed by atoms with Crippen LogP contribution in [0.4, 0.5) is 4.39 Å². The minimum absolute atomic E-state index is 0.0592. The van der Waals surface area contributed by atoms with Crippen molar-refractivity contribution < 1.29 is 9.18 Å². The van der Waals surface area contributed by atoms with E-state index in [2.05, 4.69) is 5.32 Å². The average molecular weight is 264 g/mol. The Hall–Kier alpha value is -0.800. The molecular weight excluding hydrogens is 252 g/mol. The number of carbonyl (C=O) groups excluding carboxylic acids is 1. The first-order valence-electron chi connectivity index (χ1n) is 4.90. The summed E-state index contributed by atoms with van der Waals surface area (Å²) in [6, 6.07) is 3.70. The van der Waals surface area contributed by atoms with Gasteiger partial charge in [-0.25, -0.2) is 4.39 Å². The van der Waals surface area contributed by atoms with E-state index >= 15 is 0 Å². The van der Waals surface area contributed by atoms with E-state index < -0.39 is 11.7 Å². The molecule has 0 fully saturated rings. The molecule has 1 rings (SSSR count). The van der Waals surface area contributed by atoms with Gasteiger partial charge in [-0.15, -0.1) is 11.6 Å². The SMILES string of the molecule is CCC(CCl)NC(=O)c1cc(Cl)ccc1F. The third kappa shape index (κ3) is 3.35. The second kappa shape index (κ2) is 6.06. The second-order valence-electron chi connectivity index (χ2n) is 3.36. The van der Waals surface area contributed by atoms with Gasteiger partial charge in [-0.1, -0.05) is 18.5 Å². The number of rotatable bonds is 4. The average Bonchev–Trinajstić information content (AvgIpc) is 2.28. The van der Waals surface area contributed by atoms with Crippen LogP contribution in [-0.2, 0) is 0 Å². The number of carbonyl (C=O) groups is 1. The van der Waals surface area contributed by atoms with E-state index in [4.69, 9.17) is 23.2 Å². The van der Waals surface area contributed by atoms with Crippen LogP contribution in [0.3, 0.4) is 0 Å². The molecule has 0 aliphatic rings. The summed E-state index contributed by atoms with van der Waals surface area (Å²) in [5.41, 5.74) is -0.0592. The predicted molar refractivity (Wildman–Crippen MR) is 63.7 cm³/mol. The molecule has 16 heavy (non-hydrogen) atoms.